The molecule has 3 heteroatoms. The Kier molecular flexibility index (Phi) is 3.79. The summed E-state index contributed by atoms with van der Waals surface area (Å²) >= 11 is 0. The van der Waals surface area contributed by atoms with Crippen molar-refractivity contribution in [3.05, 3.63) is 29.8 Å². The van der Waals surface area contributed by atoms with Gasteiger partial charge in [-0.15, -0.1) is 0 Å². The predicted molar refractivity (Wildman–Crippen MR) is 81.7 cm³/mol. The summed E-state index contributed by atoms with van der Waals surface area (Å²) in [7, 11) is 0. The van der Waals surface area contributed by atoms with Crippen LogP contribution in [0.25, 0.3) is 0 Å². The Morgan fingerprint density at radius 2 is 1.90 bits per heavy atom. The van der Waals surface area contributed by atoms with Crippen molar-refractivity contribution in [2.24, 2.45) is 11.8 Å². The van der Waals surface area contributed by atoms with E-state index in [1.807, 2.05) is 12.1 Å². The van der Waals surface area contributed by atoms with E-state index in [-0.39, 0.29) is 11.8 Å². The Balaban J connectivity index is 1.68. The van der Waals surface area contributed by atoms with Crippen LogP contribution in [0, 0.1) is 11.8 Å². The molecule has 0 aromatic heterocycles. The normalized spacial score (nSPS) is 24.6. The van der Waals surface area contributed by atoms with E-state index in [2.05, 4.69) is 36.2 Å². The van der Waals surface area contributed by atoms with Crippen molar-refractivity contribution in [3.8, 4) is 0 Å². The second-order valence-electron chi connectivity index (χ2n) is 6.42. The Morgan fingerprint density at radius 3 is 2.60 bits per heavy atom. The third-order valence-electron chi connectivity index (χ3n) is 4.93. The molecule has 3 nitrogen and oxygen atoms in total. The number of benzene rings is 1. The van der Waals surface area contributed by atoms with E-state index in [0.29, 0.717) is 12.0 Å². The molecule has 2 aliphatic heterocycles. The van der Waals surface area contributed by atoms with E-state index >= 15 is 0 Å². The minimum atomic E-state index is 0.166. The highest BCUT2D eigenvalue weighted by Crippen LogP contribution is 2.34. The third-order valence-corrected chi connectivity index (χ3v) is 4.93. The van der Waals surface area contributed by atoms with Crippen LogP contribution in [0.5, 0.6) is 0 Å². The minimum absolute atomic E-state index is 0.166. The van der Waals surface area contributed by atoms with Crippen LogP contribution in [0.2, 0.25) is 0 Å². The van der Waals surface area contributed by atoms with Gasteiger partial charge in [0.05, 0.1) is 0 Å². The number of hydrogen-bond acceptors (Lipinski definition) is 2. The number of carbonyl (C=O) groups excluding carboxylic acids is 1. The van der Waals surface area contributed by atoms with Crippen LogP contribution < -0.4 is 5.32 Å². The topological polar surface area (TPSA) is 32.3 Å². The van der Waals surface area contributed by atoms with Crippen LogP contribution in [-0.4, -0.2) is 29.9 Å². The standard InChI is InChI=1S/C17H24N2O/c1-12(2)19-9-7-13(8-10-19)15-11-14-5-3-4-6-16(14)18-17(15)20/h3-6,12-13,15H,7-11H2,1-2H3,(H,18,20). The zero-order chi connectivity index (χ0) is 14.1. The number of amides is 1. The van der Waals surface area contributed by atoms with Gasteiger partial charge < -0.3 is 10.2 Å². The summed E-state index contributed by atoms with van der Waals surface area (Å²) in [5.41, 5.74) is 2.30. The highest BCUT2D eigenvalue weighted by molar-refractivity contribution is 5.95. The fourth-order valence-corrected chi connectivity index (χ4v) is 3.59. The number of likely N-dealkylation sites (tertiary alicyclic amines) is 1. The second-order valence-corrected chi connectivity index (χ2v) is 6.42. The Hall–Kier alpha value is -1.35. The average Bonchev–Trinajstić information content (AvgIpc) is 2.46. The van der Waals surface area contributed by atoms with Crippen LogP contribution in [0.3, 0.4) is 0 Å². The van der Waals surface area contributed by atoms with Crippen molar-refractivity contribution >= 4 is 11.6 Å². The van der Waals surface area contributed by atoms with Crippen LogP contribution in [-0.2, 0) is 11.2 Å². The van der Waals surface area contributed by atoms with Crippen LogP contribution >= 0.6 is 0 Å². The number of anilines is 1. The zero-order valence-electron chi connectivity index (χ0n) is 12.4. The smallest absolute Gasteiger partial charge is 0.228 e. The highest BCUT2D eigenvalue weighted by Gasteiger charge is 2.34. The first-order chi connectivity index (χ1) is 9.65. The summed E-state index contributed by atoms with van der Waals surface area (Å²) in [5.74, 6) is 0.935. The maximum absolute atomic E-state index is 12.3. The highest BCUT2D eigenvalue weighted by atomic mass is 16.2. The van der Waals surface area contributed by atoms with E-state index in [4.69, 9.17) is 0 Å². The van der Waals surface area contributed by atoms with Crippen molar-refractivity contribution in [1.29, 1.82) is 0 Å². The molecule has 1 atom stereocenters. The maximum Gasteiger partial charge on any atom is 0.228 e. The van der Waals surface area contributed by atoms with Crippen molar-refractivity contribution in [2.75, 3.05) is 18.4 Å². The maximum atomic E-state index is 12.3. The molecule has 0 radical (unpaired) electrons. The first-order valence-corrected chi connectivity index (χ1v) is 7.78. The second kappa shape index (κ2) is 5.57. The molecule has 1 fully saturated rings. The molecular formula is C17H24N2O. The van der Waals surface area contributed by atoms with Crippen molar-refractivity contribution in [1.82, 2.24) is 4.90 Å². The van der Waals surface area contributed by atoms with Crippen molar-refractivity contribution < 1.29 is 4.79 Å². The summed E-state index contributed by atoms with van der Waals surface area (Å²) in [6.07, 6.45) is 3.21. The van der Waals surface area contributed by atoms with Gasteiger partial charge in [-0.2, -0.15) is 0 Å². The molecule has 20 heavy (non-hydrogen) atoms. The number of rotatable bonds is 2. The summed E-state index contributed by atoms with van der Waals surface area (Å²) in [5, 5.41) is 3.09. The minimum Gasteiger partial charge on any atom is -0.326 e. The summed E-state index contributed by atoms with van der Waals surface area (Å²) in [4.78, 5) is 14.9. The number of para-hydroxylation sites is 1. The van der Waals surface area contributed by atoms with Crippen LogP contribution in [0.1, 0.15) is 32.3 Å². The van der Waals surface area contributed by atoms with E-state index < -0.39 is 0 Å². The molecule has 1 saturated heterocycles. The number of carbonyl (C=O) groups is 1. The van der Waals surface area contributed by atoms with E-state index in [9.17, 15) is 4.79 Å². The van der Waals surface area contributed by atoms with E-state index in [0.717, 1.165) is 38.0 Å². The van der Waals surface area contributed by atoms with Gasteiger partial charge in [0.15, 0.2) is 0 Å². The molecule has 3 rings (SSSR count). The quantitative estimate of drug-likeness (QED) is 0.898. The molecule has 1 amide bonds. The molecule has 2 heterocycles. The number of piperidine rings is 1. The molecule has 0 spiro atoms. The summed E-state index contributed by atoms with van der Waals surface area (Å²) in [6.45, 7) is 6.77. The van der Waals surface area contributed by atoms with Gasteiger partial charge in [-0.25, -0.2) is 0 Å². The first kappa shape index (κ1) is 13.6. The molecular weight excluding hydrogens is 248 g/mol. The Bertz CT molecular complexity index is 490. The molecule has 0 aliphatic carbocycles. The SMILES string of the molecule is CC(C)N1CCC(C2Cc3ccccc3NC2=O)CC1. The lowest BCUT2D eigenvalue weighted by Gasteiger charge is -2.38. The fraction of sp³-hybridized carbons (Fsp3) is 0.588. The fourth-order valence-electron chi connectivity index (χ4n) is 3.59. The Labute approximate surface area is 121 Å². The van der Waals surface area contributed by atoms with Gasteiger partial charge in [-0.1, -0.05) is 18.2 Å². The third kappa shape index (κ3) is 2.59. The van der Waals surface area contributed by atoms with Crippen LogP contribution in [0.15, 0.2) is 24.3 Å². The molecule has 2 aliphatic rings. The molecule has 1 N–H and O–H groups in total. The van der Waals surface area contributed by atoms with Crippen molar-refractivity contribution in [3.63, 3.8) is 0 Å². The molecule has 1 aromatic rings. The first-order valence-electron chi connectivity index (χ1n) is 7.78. The van der Waals surface area contributed by atoms with Crippen LogP contribution in [0.4, 0.5) is 5.69 Å². The van der Waals surface area contributed by atoms with Crippen molar-refractivity contribution in [2.45, 2.75) is 39.2 Å². The van der Waals surface area contributed by atoms with E-state index in [1.165, 1.54) is 5.56 Å². The van der Waals surface area contributed by atoms with Gasteiger partial charge in [0.1, 0.15) is 0 Å². The predicted octanol–water partition coefficient (Wildman–Crippen LogP) is 2.92. The average molecular weight is 272 g/mol. The van der Waals surface area contributed by atoms with E-state index in [1.54, 1.807) is 0 Å². The molecule has 108 valence electrons. The largest absolute Gasteiger partial charge is 0.326 e. The summed E-state index contributed by atoms with van der Waals surface area (Å²) in [6, 6.07) is 8.82. The lowest BCUT2D eigenvalue weighted by Crippen LogP contribution is -2.43. The lowest BCUT2D eigenvalue weighted by atomic mass is 9.78. The lowest BCUT2D eigenvalue weighted by molar-refractivity contribution is -0.122. The monoisotopic (exact) mass is 272 g/mol. The van der Waals surface area contributed by atoms with Gasteiger partial charge in [0.2, 0.25) is 5.91 Å². The number of fused-ring (bicyclic) bond motifs is 1. The van der Waals surface area contributed by atoms with Gasteiger partial charge in [-0.3, -0.25) is 4.79 Å². The summed E-state index contributed by atoms with van der Waals surface area (Å²) < 4.78 is 0. The number of hydrogen-bond donors (Lipinski definition) is 1. The molecule has 0 saturated carbocycles. The number of nitrogens with zero attached hydrogens (tertiary/aromatic N) is 1. The van der Waals surface area contributed by atoms with Gasteiger partial charge in [-0.05, 0) is 63.7 Å². The Morgan fingerprint density at radius 1 is 1.20 bits per heavy atom. The van der Waals surface area contributed by atoms with Gasteiger partial charge in [0.25, 0.3) is 0 Å². The molecule has 1 unspecified atom stereocenters. The molecule has 0 bridgehead atoms. The number of nitrogens with one attached hydrogen (secondary N) is 1. The molecule has 1 aromatic carbocycles. The van der Waals surface area contributed by atoms with Gasteiger partial charge in [0, 0.05) is 17.6 Å². The van der Waals surface area contributed by atoms with Gasteiger partial charge >= 0.3 is 0 Å². The zero-order valence-corrected chi connectivity index (χ0v) is 12.4.